The highest BCUT2D eigenvalue weighted by Crippen LogP contribution is 2.26. The van der Waals surface area contributed by atoms with Crippen LogP contribution in [0.2, 0.25) is 10.0 Å². The van der Waals surface area contributed by atoms with Crippen molar-refractivity contribution in [2.45, 2.75) is 58.8 Å². The second-order valence-corrected chi connectivity index (χ2v) is 8.49. The van der Waals surface area contributed by atoms with E-state index < -0.39 is 0 Å². The van der Waals surface area contributed by atoms with Crippen LogP contribution in [0.25, 0.3) is 0 Å². The summed E-state index contributed by atoms with van der Waals surface area (Å²) < 4.78 is 5.31. The third-order valence-electron chi connectivity index (χ3n) is 5.09. The summed E-state index contributed by atoms with van der Waals surface area (Å²) in [7, 11) is 0. The van der Waals surface area contributed by atoms with Gasteiger partial charge in [-0.25, -0.2) is 4.79 Å². The van der Waals surface area contributed by atoms with E-state index in [-0.39, 0.29) is 24.2 Å². The summed E-state index contributed by atoms with van der Waals surface area (Å²) in [5, 5.41) is 1.11. The summed E-state index contributed by atoms with van der Waals surface area (Å²) in [4.78, 5) is 23.7. The zero-order chi connectivity index (χ0) is 19.7. The molecule has 146 valence electrons. The number of cyclic esters (lactones) is 1. The van der Waals surface area contributed by atoms with Crippen molar-refractivity contribution in [3.05, 3.63) is 33.8 Å². The fraction of sp³-hybridized carbons (Fsp3) is 0.550. The van der Waals surface area contributed by atoms with Crippen LogP contribution in [0.15, 0.2) is 28.2 Å². The minimum Gasteiger partial charge on any atom is -0.447 e. The van der Waals surface area contributed by atoms with Crippen molar-refractivity contribution in [3.63, 3.8) is 0 Å². The van der Waals surface area contributed by atoms with Gasteiger partial charge in [-0.3, -0.25) is 14.9 Å². The highest BCUT2D eigenvalue weighted by atomic mass is 35.5. The van der Waals surface area contributed by atoms with Crippen LogP contribution in [-0.2, 0) is 11.3 Å². The molecule has 2 aliphatic rings. The molecule has 0 N–H and O–H groups in total. The van der Waals surface area contributed by atoms with Crippen molar-refractivity contribution >= 4 is 40.7 Å². The number of nitrogens with zero attached hydrogens (tertiary/aromatic N) is 3. The Hall–Kier alpha value is -1.59. The quantitative estimate of drug-likeness (QED) is 0.684. The van der Waals surface area contributed by atoms with Gasteiger partial charge >= 0.3 is 6.09 Å². The van der Waals surface area contributed by atoms with Gasteiger partial charge in [0.25, 0.3) is 0 Å². The van der Waals surface area contributed by atoms with Gasteiger partial charge in [-0.2, -0.15) is 0 Å². The smallest absolute Gasteiger partial charge is 0.410 e. The zero-order valence-electron chi connectivity index (χ0n) is 16.1. The average molecular weight is 410 g/mol. The van der Waals surface area contributed by atoms with Gasteiger partial charge in [-0.1, -0.05) is 37.0 Å². The van der Waals surface area contributed by atoms with Crippen molar-refractivity contribution in [1.82, 2.24) is 4.90 Å². The van der Waals surface area contributed by atoms with Crippen LogP contribution in [-0.4, -0.2) is 47.1 Å². The molecule has 1 fully saturated rings. The van der Waals surface area contributed by atoms with Crippen molar-refractivity contribution in [1.29, 1.82) is 0 Å². The number of hydrogen-bond donors (Lipinski definition) is 0. The first kappa shape index (κ1) is 20.2. The molecule has 2 heterocycles. The Bertz CT molecular complexity index is 771. The van der Waals surface area contributed by atoms with E-state index in [4.69, 9.17) is 37.9 Å². The minimum absolute atomic E-state index is 0.0232. The molecule has 3 rings (SSSR count). The summed E-state index contributed by atoms with van der Waals surface area (Å²) in [5.41, 5.74) is 2.95. The Morgan fingerprint density at radius 1 is 1.15 bits per heavy atom. The first-order valence-electron chi connectivity index (χ1n) is 9.21. The number of carbonyl (C=O) groups excluding carboxylic acids is 1. The van der Waals surface area contributed by atoms with Crippen LogP contribution in [0.5, 0.6) is 0 Å². The molecule has 1 aromatic rings. The maximum atomic E-state index is 12.3. The fourth-order valence-corrected chi connectivity index (χ4v) is 4.28. The standard InChI is InChI=1S/C20H25Cl2N3O2/c1-11(2)19-13(4)23-18(12(3)24-19)8-17-10-27-20(26)25(17)9-14-5-15(21)7-16(22)6-14/h5-7,11,17-19H,8-10H2,1-4H3. The van der Waals surface area contributed by atoms with Gasteiger partial charge in [0, 0.05) is 28.0 Å². The highest BCUT2D eigenvalue weighted by Gasteiger charge is 2.36. The molecule has 1 saturated heterocycles. The number of aliphatic imine (C=N–C) groups is 2. The first-order chi connectivity index (χ1) is 12.7. The molecule has 0 aliphatic carbocycles. The monoisotopic (exact) mass is 409 g/mol. The summed E-state index contributed by atoms with van der Waals surface area (Å²) in [6.07, 6.45) is 0.375. The molecule has 3 atom stereocenters. The molecule has 1 aromatic carbocycles. The van der Waals surface area contributed by atoms with Crippen LogP contribution in [0, 0.1) is 5.92 Å². The van der Waals surface area contributed by atoms with Gasteiger partial charge in [0.1, 0.15) is 6.61 Å². The summed E-state index contributed by atoms with van der Waals surface area (Å²) >= 11 is 12.2. The van der Waals surface area contributed by atoms with Crippen LogP contribution < -0.4 is 0 Å². The molecule has 5 nitrogen and oxygen atoms in total. The molecule has 2 aliphatic heterocycles. The van der Waals surface area contributed by atoms with Gasteiger partial charge in [-0.05, 0) is 49.9 Å². The van der Waals surface area contributed by atoms with E-state index in [1.807, 2.05) is 26.0 Å². The van der Waals surface area contributed by atoms with E-state index in [1.165, 1.54) is 0 Å². The van der Waals surface area contributed by atoms with Crippen LogP contribution in [0.1, 0.15) is 39.7 Å². The van der Waals surface area contributed by atoms with Gasteiger partial charge in [0.2, 0.25) is 0 Å². The van der Waals surface area contributed by atoms with Gasteiger partial charge in [0.05, 0.1) is 18.1 Å². The lowest BCUT2D eigenvalue weighted by molar-refractivity contribution is 0.156. The van der Waals surface area contributed by atoms with Gasteiger partial charge in [-0.15, -0.1) is 0 Å². The second-order valence-electron chi connectivity index (χ2n) is 7.62. The Labute approximate surface area is 170 Å². The van der Waals surface area contributed by atoms with Crippen molar-refractivity contribution in [2.75, 3.05) is 6.61 Å². The number of rotatable bonds is 5. The minimum atomic E-state index is -0.317. The fourth-order valence-electron chi connectivity index (χ4n) is 3.70. The summed E-state index contributed by atoms with van der Waals surface area (Å²) in [6, 6.07) is 5.38. The lowest BCUT2D eigenvalue weighted by atomic mass is 9.95. The Morgan fingerprint density at radius 2 is 1.81 bits per heavy atom. The van der Waals surface area contributed by atoms with Crippen molar-refractivity contribution in [2.24, 2.45) is 15.9 Å². The third kappa shape index (κ3) is 4.64. The predicted octanol–water partition coefficient (Wildman–Crippen LogP) is 5.03. The van der Waals surface area contributed by atoms with Crippen LogP contribution in [0.3, 0.4) is 0 Å². The van der Waals surface area contributed by atoms with Crippen molar-refractivity contribution in [3.8, 4) is 0 Å². The second kappa shape index (κ2) is 8.19. The maximum absolute atomic E-state index is 12.3. The number of carbonyl (C=O) groups is 1. The van der Waals surface area contributed by atoms with Crippen LogP contribution in [0.4, 0.5) is 4.79 Å². The zero-order valence-corrected chi connectivity index (χ0v) is 17.6. The summed E-state index contributed by atoms with van der Waals surface area (Å²) in [5.74, 6) is 0.421. The maximum Gasteiger partial charge on any atom is 0.410 e. The third-order valence-corrected chi connectivity index (χ3v) is 5.53. The molecular weight excluding hydrogens is 385 g/mol. The molecule has 0 radical (unpaired) electrons. The van der Waals surface area contributed by atoms with Crippen molar-refractivity contribution < 1.29 is 9.53 Å². The van der Waals surface area contributed by atoms with E-state index in [9.17, 15) is 4.79 Å². The number of hydrogen-bond acceptors (Lipinski definition) is 4. The SMILES string of the molecule is CC1=NC(C(C)C)C(C)=NC1CC1COC(=O)N1Cc1cc(Cl)cc(Cl)c1. The molecular formula is C20H25Cl2N3O2. The number of ether oxygens (including phenoxy) is 1. The Balaban J connectivity index is 1.74. The highest BCUT2D eigenvalue weighted by molar-refractivity contribution is 6.34. The summed E-state index contributed by atoms with van der Waals surface area (Å²) in [6.45, 7) is 9.14. The number of benzene rings is 1. The molecule has 0 spiro atoms. The molecule has 0 aromatic heterocycles. The molecule has 3 unspecified atom stereocenters. The molecule has 7 heteroatoms. The number of halogens is 2. The van der Waals surface area contributed by atoms with E-state index >= 15 is 0 Å². The van der Waals surface area contributed by atoms with Crippen LogP contribution >= 0.6 is 23.2 Å². The number of amides is 1. The topological polar surface area (TPSA) is 54.3 Å². The molecule has 27 heavy (non-hydrogen) atoms. The lowest BCUT2D eigenvalue weighted by Crippen LogP contribution is -2.39. The first-order valence-corrected chi connectivity index (χ1v) is 9.97. The molecule has 0 saturated carbocycles. The molecule has 0 bridgehead atoms. The largest absolute Gasteiger partial charge is 0.447 e. The average Bonchev–Trinajstić information content (AvgIpc) is 2.90. The van der Waals surface area contributed by atoms with Gasteiger partial charge in [0.15, 0.2) is 0 Å². The predicted molar refractivity (Wildman–Crippen MR) is 110 cm³/mol. The van der Waals surface area contributed by atoms with E-state index in [0.717, 1.165) is 17.0 Å². The van der Waals surface area contributed by atoms with Gasteiger partial charge < -0.3 is 4.74 Å². The Kier molecular flexibility index (Phi) is 6.11. The molecule has 1 amide bonds. The van der Waals surface area contributed by atoms with E-state index in [2.05, 4.69) is 13.8 Å². The lowest BCUT2D eigenvalue weighted by Gasteiger charge is -2.29. The van der Waals surface area contributed by atoms with E-state index in [1.54, 1.807) is 11.0 Å². The Morgan fingerprint density at radius 3 is 2.44 bits per heavy atom. The normalized spacial score (nSPS) is 25.5. The van der Waals surface area contributed by atoms with E-state index in [0.29, 0.717) is 35.5 Å².